The molecule has 3 nitrogen and oxygen atoms in total. The zero-order chi connectivity index (χ0) is 18.5. The summed E-state index contributed by atoms with van der Waals surface area (Å²) >= 11 is 0. The Morgan fingerprint density at radius 2 is 1.89 bits per heavy atom. The molecule has 0 radical (unpaired) electrons. The molecule has 2 N–H and O–H groups in total. The third kappa shape index (κ3) is 4.76. The number of aromatic amines is 1. The fraction of sp³-hybridized carbons (Fsp3) is 0.391. The van der Waals surface area contributed by atoms with Crippen LogP contribution < -0.4 is 5.32 Å². The number of benzene rings is 2. The largest absolute Gasteiger partial charge is 0.361 e. The Hall–Kier alpha value is -2.17. The highest BCUT2D eigenvalue weighted by atomic mass is 19.1. The first kappa shape index (κ1) is 18.2. The van der Waals surface area contributed by atoms with E-state index in [1.165, 1.54) is 43.1 Å². The second kappa shape index (κ2) is 8.68. The van der Waals surface area contributed by atoms with Crippen LogP contribution in [-0.2, 0) is 13.0 Å². The molecule has 1 aliphatic rings. The number of piperidine rings is 1. The summed E-state index contributed by atoms with van der Waals surface area (Å²) in [5.74, 6) is 0.594. The van der Waals surface area contributed by atoms with Crippen LogP contribution in [0.3, 0.4) is 0 Å². The Bertz CT molecular complexity index is 850. The predicted octanol–water partition coefficient (Wildman–Crippen LogP) is 4.35. The van der Waals surface area contributed by atoms with Crippen LogP contribution in [0.2, 0.25) is 0 Å². The van der Waals surface area contributed by atoms with E-state index in [1.807, 2.05) is 12.3 Å². The Morgan fingerprint density at radius 1 is 1.07 bits per heavy atom. The minimum atomic E-state index is -0.168. The molecule has 0 amide bonds. The topological polar surface area (TPSA) is 31.1 Å². The Morgan fingerprint density at radius 3 is 2.70 bits per heavy atom. The summed E-state index contributed by atoms with van der Waals surface area (Å²) in [5, 5.41) is 4.62. The fourth-order valence-corrected chi connectivity index (χ4v) is 4.08. The lowest BCUT2D eigenvalue weighted by molar-refractivity contribution is 0.175. The van der Waals surface area contributed by atoms with Crippen molar-refractivity contribution in [1.29, 1.82) is 0 Å². The molecule has 1 aliphatic heterocycles. The van der Waals surface area contributed by atoms with Crippen LogP contribution in [0.5, 0.6) is 0 Å². The number of nitrogens with zero attached hydrogens (tertiary/aromatic N) is 1. The van der Waals surface area contributed by atoms with Gasteiger partial charge in [0.05, 0.1) is 0 Å². The van der Waals surface area contributed by atoms with Crippen molar-refractivity contribution in [3.8, 4) is 0 Å². The smallest absolute Gasteiger partial charge is 0.123 e. The van der Waals surface area contributed by atoms with Gasteiger partial charge in [-0.2, -0.15) is 0 Å². The maximum absolute atomic E-state index is 13.5. The van der Waals surface area contributed by atoms with Crippen LogP contribution in [0.4, 0.5) is 4.39 Å². The minimum absolute atomic E-state index is 0.168. The van der Waals surface area contributed by atoms with E-state index in [4.69, 9.17) is 0 Å². The fourth-order valence-electron chi connectivity index (χ4n) is 4.08. The molecule has 1 saturated heterocycles. The van der Waals surface area contributed by atoms with E-state index in [9.17, 15) is 4.39 Å². The number of fused-ring (bicyclic) bond motifs is 1. The van der Waals surface area contributed by atoms with Crippen molar-refractivity contribution in [3.63, 3.8) is 0 Å². The molecule has 2 heterocycles. The standard InChI is InChI=1S/C23H28FN3/c24-21-6-7-23-22(14-21)20(16-26-23)8-11-25-15-18-9-12-27(13-10-18)17-19-4-2-1-3-5-19/h1-7,14,16,18,25-26H,8-13,15,17H2. The van der Waals surface area contributed by atoms with Gasteiger partial charge in [-0.1, -0.05) is 30.3 Å². The van der Waals surface area contributed by atoms with Crippen molar-refractivity contribution < 1.29 is 4.39 Å². The Balaban J connectivity index is 1.18. The summed E-state index contributed by atoms with van der Waals surface area (Å²) in [6.07, 6.45) is 5.46. The maximum atomic E-state index is 13.5. The lowest BCUT2D eigenvalue weighted by atomic mass is 9.96. The van der Waals surface area contributed by atoms with Gasteiger partial charge in [0.2, 0.25) is 0 Å². The zero-order valence-electron chi connectivity index (χ0n) is 15.8. The number of halogens is 1. The van der Waals surface area contributed by atoms with E-state index in [0.717, 1.165) is 42.9 Å². The second-order valence-corrected chi connectivity index (χ2v) is 7.66. The van der Waals surface area contributed by atoms with Crippen LogP contribution in [0.1, 0.15) is 24.0 Å². The molecular formula is C23H28FN3. The average molecular weight is 365 g/mol. The highest BCUT2D eigenvalue weighted by Gasteiger charge is 2.18. The molecule has 0 aliphatic carbocycles. The van der Waals surface area contributed by atoms with Gasteiger partial charge in [-0.05, 0) is 80.7 Å². The molecule has 0 spiro atoms. The number of H-pyrrole nitrogens is 1. The summed E-state index contributed by atoms with van der Waals surface area (Å²) in [6, 6.07) is 15.7. The number of hydrogen-bond donors (Lipinski definition) is 2. The Kier molecular flexibility index (Phi) is 5.85. The van der Waals surface area contributed by atoms with Crippen molar-refractivity contribution in [2.24, 2.45) is 5.92 Å². The number of hydrogen-bond acceptors (Lipinski definition) is 2. The summed E-state index contributed by atoms with van der Waals surface area (Å²) < 4.78 is 13.5. The lowest BCUT2D eigenvalue weighted by Crippen LogP contribution is -2.37. The summed E-state index contributed by atoms with van der Waals surface area (Å²) in [5.41, 5.74) is 3.61. The van der Waals surface area contributed by atoms with Gasteiger partial charge < -0.3 is 10.3 Å². The van der Waals surface area contributed by atoms with Gasteiger partial charge in [-0.15, -0.1) is 0 Å². The first-order valence-corrected chi connectivity index (χ1v) is 10.0. The molecule has 0 unspecified atom stereocenters. The quantitative estimate of drug-likeness (QED) is 0.610. The summed E-state index contributed by atoms with van der Waals surface area (Å²) in [6.45, 7) is 5.45. The molecule has 0 atom stereocenters. The van der Waals surface area contributed by atoms with Crippen LogP contribution >= 0.6 is 0 Å². The van der Waals surface area contributed by atoms with Gasteiger partial charge in [0.1, 0.15) is 5.82 Å². The van der Waals surface area contributed by atoms with E-state index in [0.29, 0.717) is 0 Å². The molecule has 1 aromatic heterocycles. The van der Waals surface area contributed by atoms with E-state index in [1.54, 1.807) is 6.07 Å². The molecule has 142 valence electrons. The predicted molar refractivity (Wildman–Crippen MR) is 109 cm³/mol. The SMILES string of the molecule is Fc1ccc2[nH]cc(CCNCC3CCN(Cc4ccccc4)CC3)c2c1. The molecule has 3 aromatic rings. The molecule has 1 fully saturated rings. The third-order valence-electron chi connectivity index (χ3n) is 5.69. The van der Waals surface area contributed by atoms with Gasteiger partial charge in [0, 0.05) is 23.6 Å². The highest BCUT2D eigenvalue weighted by molar-refractivity contribution is 5.83. The lowest BCUT2D eigenvalue weighted by Gasteiger charge is -2.32. The first-order chi connectivity index (χ1) is 13.3. The van der Waals surface area contributed by atoms with Gasteiger partial charge in [-0.25, -0.2) is 4.39 Å². The van der Waals surface area contributed by atoms with Gasteiger partial charge in [0.15, 0.2) is 0 Å². The number of nitrogens with one attached hydrogen (secondary N) is 2. The highest BCUT2D eigenvalue weighted by Crippen LogP contribution is 2.20. The number of rotatable bonds is 7. The normalized spacial score (nSPS) is 16.2. The molecule has 27 heavy (non-hydrogen) atoms. The van der Waals surface area contributed by atoms with Gasteiger partial charge in [-0.3, -0.25) is 4.90 Å². The van der Waals surface area contributed by atoms with E-state index < -0.39 is 0 Å². The van der Waals surface area contributed by atoms with Crippen molar-refractivity contribution in [2.45, 2.75) is 25.8 Å². The molecule has 0 saturated carbocycles. The Labute approximate surface area is 160 Å². The summed E-state index contributed by atoms with van der Waals surface area (Å²) in [4.78, 5) is 5.79. The zero-order valence-corrected chi connectivity index (χ0v) is 15.8. The van der Waals surface area contributed by atoms with Crippen molar-refractivity contribution >= 4 is 10.9 Å². The van der Waals surface area contributed by atoms with Crippen molar-refractivity contribution in [2.75, 3.05) is 26.2 Å². The molecular weight excluding hydrogens is 337 g/mol. The first-order valence-electron chi connectivity index (χ1n) is 10.0. The van der Waals surface area contributed by atoms with Crippen LogP contribution in [0.25, 0.3) is 10.9 Å². The third-order valence-corrected chi connectivity index (χ3v) is 5.69. The summed E-state index contributed by atoms with van der Waals surface area (Å²) in [7, 11) is 0. The number of aromatic nitrogens is 1. The van der Waals surface area contributed by atoms with Crippen LogP contribution in [0, 0.1) is 11.7 Å². The number of likely N-dealkylation sites (tertiary alicyclic amines) is 1. The van der Waals surface area contributed by atoms with Crippen molar-refractivity contribution in [3.05, 3.63) is 71.7 Å². The van der Waals surface area contributed by atoms with Crippen LogP contribution in [0.15, 0.2) is 54.7 Å². The molecule has 4 rings (SSSR count). The monoisotopic (exact) mass is 365 g/mol. The van der Waals surface area contributed by atoms with Gasteiger partial charge >= 0.3 is 0 Å². The maximum Gasteiger partial charge on any atom is 0.123 e. The van der Waals surface area contributed by atoms with E-state index in [-0.39, 0.29) is 5.82 Å². The molecule has 4 heteroatoms. The van der Waals surface area contributed by atoms with Crippen molar-refractivity contribution in [1.82, 2.24) is 15.2 Å². The molecule has 0 bridgehead atoms. The average Bonchev–Trinajstić information content (AvgIpc) is 3.09. The second-order valence-electron chi connectivity index (χ2n) is 7.66. The van der Waals surface area contributed by atoms with E-state index >= 15 is 0 Å². The van der Waals surface area contributed by atoms with Crippen LogP contribution in [-0.4, -0.2) is 36.1 Å². The minimum Gasteiger partial charge on any atom is -0.361 e. The molecule has 2 aromatic carbocycles. The van der Waals surface area contributed by atoms with E-state index in [2.05, 4.69) is 45.5 Å². The van der Waals surface area contributed by atoms with Gasteiger partial charge in [0.25, 0.3) is 0 Å².